The van der Waals surface area contributed by atoms with E-state index in [1.54, 1.807) is 13.1 Å². The molecule has 3 aromatic rings. The summed E-state index contributed by atoms with van der Waals surface area (Å²) in [6.07, 6.45) is 6.20. The number of nitrogens with zero attached hydrogens (tertiary/aromatic N) is 6. The van der Waals surface area contributed by atoms with Gasteiger partial charge in [-0.3, -0.25) is 4.79 Å². The lowest BCUT2D eigenvalue weighted by molar-refractivity contribution is 0.100. The van der Waals surface area contributed by atoms with Crippen molar-refractivity contribution in [3.05, 3.63) is 53.7 Å². The van der Waals surface area contributed by atoms with Gasteiger partial charge >= 0.3 is 0 Å². The molecule has 11 heteroatoms. The van der Waals surface area contributed by atoms with Gasteiger partial charge in [-0.25, -0.2) is 23.7 Å². The first kappa shape index (κ1) is 24.1. The third-order valence-electron chi connectivity index (χ3n) is 7.10. The van der Waals surface area contributed by atoms with Crippen LogP contribution < -0.4 is 16.0 Å². The van der Waals surface area contributed by atoms with Crippen LogP contribution in [-0.4, -0.2) is 70.1 Å². The van der Waals surface area contributed by atoms with Crippen molar-refractivity contribution in [2.75, 3.05) is 50.0 Å². The molecule has 0 bridgehead atoms. The standard InChI is InChI=1S/C25H30F2N8O/c1-29-23-21(22(28)36)25(31-15-30-23)34-9-5-16(6-10-34)24-32-20(17-3-4-18(26)19(27)13-17)14-35(24)12-11-33-7-2-8-33/h3-4,13-16H,2,5-12H2,1H3,(H2,28,36)(H,29,30,31). The number of imidazole rings is 1. The number of primary amides is 1. The maximum Gasteiger partial charge on any atom is 0.256 e. The smallest absolute Gasteiger partial charge is 0.256 e. The lowest BCUT2D eigenvalue weighted by Crippen LogP contribution is -2.39. The highest BCUT2D eigenvalue weighted by Crippen LogP contribution is 2.33. The fraction of sp³-hybridized carbons (Fsp3) is 0.440. The van der Waals surface area contributed by atoms with Crippen LogP contribution >= 0.6 is 0 Å². The van der Waals surface area contributed by atoms with E-state index < -0.39 is 17.5 Å². The van der Waals surface area contributed by atoms with Crippen LogP contribution in [0.5, 0.6) is 0 Å². The van der Waals surface area contributed by atoms with Crippen LogP contribution in [0.25, 0.3) is 11.3 Å². The highest BCUT2D eigenvalue weighted by molar-refractivity contribution is 6.02. The van der Waals surface area contributed by atoms with Crippen molar-refractivity contribution < 1.29 is 13.6 Å². The molecule has 1 amide bonds. The van der Waals surface area contributed by atoms with Gasteiger partial charge in [0.2, 0.25) is 0 Å². The summed E-state index contributed by atoms with van der Waals surface area (Å²) in [4.78, 5) is 29.9. The van der Waals surface area contributed by atoms with Crippen LogP contribution in [0.2, 0.25) is 0 Å². The molecule has 0 aliphatic carbocycles. The Morgan fingerprint density at radius 2 is 1.89 bits per heavy atom. The highest BCUT2D eigenvalue weighted by Gasteiger charge is 2.29. The third-order valence-corrected chi connectivity index (χ3v) is 7.10. The maximum atomic E-state index is 13.9. The average molecular weight is 497 g/mol. The number of carbonyl (C=O) groups excluding carboxylic acids is 1. The summed E-state index contributed by atoms with van der Waals surface area (Å²) in [5.41, 5.74) is 7.12. The fourth-order valence-corrected chi connectivity index (χ4v) is 4.97. The van der Waals surface area contributed by atoms with E-state index in [0.717, 1.165) is 50.9 Å². The Morgan fingerprint density at radius 3 is 2.53 bits per heavy atom. The van der Waals surface area contributed by atoms with E-state index in [-0.39, 0.29) is 11.5 Å². The molecule has 0 atom stereocenters. The van der Waals surface area contributed by atoms with Gasteiger partial charge in [0.15, 0.2) is 11.6 Å². The number of amides is 1. The molecule has 9 nitrogen and oxygen atoms in total. The van der Waals surface area contributed by atoms with E-state index in [9.17, 15) is 13.6 Å². The lowest BCUT2D eigenvalue weighted by atomic mass is 9.95. The SMILES string of the molecule is CNc1ncnc(N2CCC(c3nc(-c4ccc(F)c(F)c4)cn3CCN3CCC3)CC2)c1C(N)=O. The number of hydrogen-bond donors (Lipinski definition) is 2. The normalized spacial score (nSPS) is 16.7. The molecule has 0 saturated carbocycles. The van der Waals surface area contributed by atoms with Crippen LogP contribution in [-0.2, 0) is 6.54 Å². The molecule has 4 heterocycles. The number of hydrogen-bond acceptors (Lipinski definition) is 7. The predicted octanol–water partition coefficient (Wildman–Crippen LogP) is 2.85. The van der Waals surface area contributed by atoms with Gasteiger partial charge in [0.1, 0.15) is 29.4 Å². The minimum Gasteiger partial charge on any atom is -0.372 e. The molecule has 1 aromatic carbocycles. The Morgan fingerprint density at radius 1 is 1.11 bits per heavy atom. The molecule has 2 saturated heterocycles. The third kappa shape index (κ3) is 4.75. The Hall–Kier alpha value is -3.60. The number of halogens is 2. The molecule has 2 aromatic heterocycles. The van der Waals surface area contributed by atoms with E-state index >= 15 is 0 Å². The van der Waals surface area contributed by atoms with E-state index in [4.69, 9.17) is 10.7 Å². The molecule has 5 rings (SSSR count). The number of nitrogens with two attached hydrogens (primary N) is 1. The molecule has 3 N–H and O–H groups in total. The van der Waals surface area contributed by atoms with E-state index in [2.05, 4.69) is 29.7 Å². The number of rotatable bonds is 8. The number of aromatic nitrogens is 4. The zero-order valence-corrected chi connectivity index (χ0v) is 20.3. The summed E-state index contributed by atoms with van der Waals surface area (Å²) in [6.45, 7) is 5.27. The molecule has 2 aliphatic rings. The topological polar surface area (TPSA) is 105 Å². The largest absolute Gasteiger partial charge is 0.372 e. The summed E-state index contributed by atoms with van der Waals surface area (Å²) in [5.74, 6) is -0.257. The molecule has 36 heavy (non-hydrogen) atoms. The molecule has 0 radical (unpaired) electrons. The van der Waals surface area contributed by atoms with Crippen LogP contribution in [0.3, 0.4) is 0 Å². The predicted molar refractivity (Wildman–Crippen MR) is 133 cm³/mol. The van der Waals surface area contributed by atoms with Crippen molar-refractivity contribution in [2.45, 2.75) is 31.7 Å². The van der Waals surface area contributed by atoms with Crippen molar-refractivity contribution in [3.8, 4) is 11.3 Å². The highest BCUT2D eigenvalue weighted by atomic mass is 19.2. The van der Waals surface area contributed by atoms with Gasteiger partial charge in [-0.15, -0.1) is 0 Å². The van der Waals surface area contributed by atoms with Crippen LogP contribution in [0, 0.1) is 11.6 Å². The first-order valence-corrected chi connectivity index (χ1v) is 12.3. The van der Waals surface area contributed by atoms with Gasteiger partial charge in [-0.1, -0.05) is 0 Å². The first-order valence-electron chi connectivity index (χ1n) is 12.3. The van der Waals surface area contributed by atoms with Gasteiger partial charge in [0.05, 0.1) is 5.69 Å². The molecule has 190 valence electrons. The van der Waals surface area contributed by atoms with E-state index in [0.29, 0.717) is 36.0 Å². The molecular formula is C25H30F2N8O. The van der Waals surface area contributed by atoms with Crippen LogP contribution in [0.1, 0.15) is 41.4 Å². The van der Waals surface area contributed by atoms with Crippen molar-refractivity contribution in [1.82, 2.24) is 24.4 Å². The minimum atomic E-state index is -0.881. The molecule has 0 spiro atoms. The Bertz CT molecular complexity index is 1250. The second-order valence-corrected chi connectivity index (χ2v) is 9.30. The monoisotopic (exact) mass is 496 g/mol. The average Bonchev–Trinajstić information content (AvgIpc) is 3.28. The Kier molecular flexibility index (Phi) is 6.82. The van der Waals surface area contributed by atoms with E-state index in [1.165, 1.54) is 18.8 Å². The summed E-state index contributed by atoms with van der Waals surface area (Å²) in [7, 11) is 1.69. The number of piperidine rings is 1. The maximum absolute atomic E-state index is 13.9. The van der Waals surface area contributed by atoms with Gasteiger partial charge in [-0.2, -0.15) is 0 Å². The number of likely N-dealkylation sites (tertiary alicyclic amines) is 1. The van der Waals surface area contributed by atoms with Crippen molar-refractivity contribution >= 4 is 17.5 Å². The zero-order chi connectivity index (χ0) is 25.2. The van der Waals surface area contributed by atoms with E-state index in [1.807, 2.05) is 6.20 Å². The summed E-state index contributed by atoms with van der Waals surface area (Å²) >= 11 is 0. The Labute approximate surface area is 208 Å². The molecular weight excluding hydrogens is 466 g/mol. The quantitative estimate of drug-likeness (QED) is 0.494. The number of anilines is 2. The fourth-order valence-electron chi connectivity index (χ4n) is 4.97. The lowest BCUT2D eigenvalue weighted by Gasteiger charge is -2.34. The van der Waals surface area contributed by atoms with Gasteiger partial charge in [0, 0.05) is 50.9 Å². The second-order valence-electron chi connectivity index (χ2n) is 9.30. The molecule has 2 aliphatic heterocycles. The minimum absolute atomic E-state index is 0.180. The molecule has 0 unspecified atom stereocenters. The first-order chi connectivity index (χ1) is 17.4. The van der Waals surface area contributed by atoms with Crippen molar-refractivity contribution in [2.24, 2.45) is 5.73 Å². The second kappa shape index (κ2) is 10.2. The molecule has 2 fully saturated rings. The summed E-state index contributed by atoms with van der Waals surface area (Å²) < 4.78 is 29.6. The summed E-state index contributed by atoms with van der Waals surface area (Å²) in [6, 6.07) is 3.90. The number of nitrogens with one attached hydrogen (secondary N) is 1. The number of benzene rings is 1. The van der Waals surface area contributed by atoms with Crippen molar-refractivity contribution in [3.63, 3.8) is 0 Å². The van der Waals surface area contributed by atoms with Crippen LogP contribution in [0.4, 0.5) is 20.4 Å². The van der Waals surface area contributed by atoms with Gasteiger partial charge in [0.25, 0.3) is 5.91 Å². The van der Waals surface area contributed by atoms with Crippen molar-refractivity contribution in [1.29, 1.82) is 0 Å². The van der Waals surface area contributed by atoms with Crippen LogP contribution in [0.15, 0.2) is 30.7 Å². The number of carbonyl (C=O) groups is 1. The Balaban J connectivity index is 1.38. The zero-order valence-electron chi connectivity index (χ0n) is 20.3. The summed E-state index contributed by atoms with van der Waals surface area (Å²) in [5, 5.41) is 2.91. The van der Waals surface area contributed by atoms with Gasteiger partial charge < -0.3 is 25.4 Å². The van der Waals surface area contributed by atoms with Gasteiger partial charge in [-0.05, 0) is 50.6 Å².